The number of aryl methyl sites for hydroxylation is 1. The van der Waals surface area contributed by atoms with Gasteiger partial charge in [0.05, 0.1) is 5.75 Å². The Balaban J connectivity index is 1.94. The number of thioether (sulfide) groups is 1. The number of nitrogens with one attached hydrogen (secondary N) is 2. The lowest BCUT2D eigenvalue weighted by atomic mass is 10.1. The van der Waals surface area contributed by atoms with Gasteiger partial charge in [0.2, 0.25) is 11.1 Å². The number of amides is 2. The number of aromatic amines is 1. The van der Waals surface area contributed by atoms with Crippen LogP contribution in [0.2, 0.25) is 0 Å². The number of carbonyl (C=O) groups excluding carboxylic acids is 2. The van der Waals surface area contributed by atoms with Crippen LogP contribution in [-0.2, 0) is 11.2 Å². The van der Waals surface area contributed by atoms with Gasteiger partial charge in [-0.3, -0.25) is 14.7 Å². The molecule has 0 radical (unpaired) electrons. The molecule has 0 aliphatic heterocycles. The SMILES string of the molecule is CCc1nc(SCC(=O)Nc2cccc(C(=O)N(CC)CC)c2)n[nH]1. The average Bonchev–Trinajstić information content (AvgIpc) is 3.09. The number of hydrogen-bond acceptors (Lipinski definition) is 5. The Morgan fingerprint density at radius 1 is 1.24 bits per heavy atom. The lowest BCUT2D eigenvalue weighted by Gasteiger charge is -2.19. The van der Waals surface area contributed by atoms with Gasteiger partial charge in [-0.1, -0.05) is 24.8 Å². The van der Waals surface area contributed by atoms with Crippen LogP contribution >= 0.6 is 11.8 Å². The first kappa shape index (κ1) is 19.0. The fourth-order valence-electron chi connectivity index (χ4n) is 2.25. The molecule has 0 aliphatic carbocycles. The molecule has 2 N–H and O–H groups in total. The number of anilines is 1. The third kappa shape index (κ3) is 5.32. The lowest BCUT2D eigenvalue weighted by molar-refractivity contribution is -0.113. The maximum Gasteiger partial charge on any atom is 0.253 e. The monoisotopic (exact) mass is 361 g/mol. The predicted molar refractivity (Wildman–Crippen MR) is 98.8 cm³/mol. The third-order valence-corrected chi connectivity index (χ3v) is 4.47. The third-order valence-electron chi connectivity index (χ3n) is 3.62. The molecule has 8 heteroatoms. The number of rotatable bonds is 8. The molecule has 0 aliphatic rings. The summed E-state index contributed by atoms with van der Waals surface area (Å²) in [7, 11) is 0. The Hall–Kier alpha value is -2.35. The number of nitrogens with zero attached hydrogens (tertiary/aromatic N) is 3. The number of aromatic nitrogens is 3. The van der Waals surface area contributed by atoms with Crippen LogP contribution in [0.1, 0.15) is 37.0 Å². The van der Waals surface area contributed by atoms with E-state index in [2.05, 4.69) is 20.5 Å². The maximum absolute atomic E-state index is 12.4. The molecule has 0 saturated heterocycles. The zero-order chi connectivity index (χ0) is 18.2. The van der Waals surface area contributed by atoms with E-state index < -0.39 is 0 Å². The summed E-state index contributed by atoms with van der Waals surface area (Å²) in [6.07, 6.45) is 0.771. The fraction of sp³-hybridized carbons (Fsp3) is 0.412. The highest BCUT2D eigenvalue weighted by molar-refractivity contribution is 7.99. The van der Waals surface area contributed by atoms with Crippen molar-refractivity contribution in [3.63, 3.8) is 0 Å². The smallest absolute Gasteiger partial charge is 0.253 e. The zero-order valence-corrected chi connectivity index (χ0v) is 15.5. The van der Waals surface area contributed by atoms with Crippen molar-refractivity contribution in [1.82, 2.24) is 20.1 Å². The Bertz CT molecular complexity index is 727. The van der Waals surface area contributed by atoms with Gasteiger partial charge in [-0.2, -0.15) is 0 Å². The minimum Gasteiger partial charge on any atom is -0.339 e. The number of carbonyl (C=O) groups is 2. The largest absolute Gasteiger partial charge is 0.339 e. The van der Waals surface area contributed by atoms with E-state index in [1.165, 1.54) is 11.8 Å². The van der Waals surface area contributed by atoms with Crippen LogP contribution in [0.4, 0.5) is 5.69 Å². The van der Waals surface area contributed by atoms with Gasteiger partial charge in [-0.25, -0.2) is 4.98 Å². The van der Waals surface area contributed by atoms with Crippen molar-refractivity contribution in [2.75, 3.05) is 24.2 Å². The lowest BCUT2D eigenvalue weighted by Crippen LogP contribution is -2.30. The summed E-state index contributed by atoms with van der Waals surface area (Å²) in [4.78, 5) is 30.5. The molecule has 0 bridgehead atoms. The molecule has 0 spiro atoms. The first-order valence-corrected chi connectivity index (χ1v) is 9.29. The van der Waals surface area contributed by atoms with Crippen molar-refractivity contribution in [3.8, 4) is 0 Å². The van der Waals surface area contributed by atoms with Crippen molar-refractivity contribution < 1.29 is 9.59 Å². The summed E-state index contributed by atoms with van der Waals surface area (Å²) in [5.74, 6) is 0.795. The summed E-state index contributed by atoms with van der Waals surface area (Å²) >= 11 is 1.27. The van der Waals surface area contributed by atoms with E-state index in [9.17, 15) is 9.59 Å². The summed E-state index contributed by atoms with van der Waals surface area (Å²) in [5.41, 5.74) is 1.17. The van der Waals surface area contributed by atoms with Gasteiger partial charge in [0, 0.05) is 30.8 Å². The van der Waals surface area contributed by atoms with Gasteiger partial charge in [0.15, 0.2) is 0 Å². The second kappa shape index (κ2) is 9.22. The van der Waals surface area contributed by atoms with Gasteiger partial charge in [0.25, 0.3) is 5.91 Å². The standard InChI is InChI=1S/C17H23N5O2S/c1-4-14-19-17(21-20-14)25-11-15(23)18-13-9-7-8-12(10-13)16(24)22(5-2)6-3/h7-10H,4-6,11H2,1-3H3,(H,18,23)(H,19,20,21). The molecule has 2 rings (SSSR count). The van der Waals surface area contributed by atoms with Gasteiger partial charge < -0.3 is 10.2 Å². The maximum atomic E-state index is 12.4. The average molecular weight is 361 g/mol. The Morgan fingerprint density at radius 3 is 2.64 bits per heavy atom. The number of hydrogen-bond donors (Lipinski definition) is 2. The number of H-pyrrole nitrogens is 1. The van der Waals surface area contributed by atoms with Crippen LogP contribution in [0.15, 0.2) is 29.4 Å². The summed E-state index contributed by atoms with van der Waals surface area (Å²) in [6.45, 7) is 7.17. The molecule has 0 fully saturated rings. The van der Waals surface area contributed by atoms with Crippen LogP contribution in [0, 0.1) is 0 Å². The van der Waals surface area contributed by atoms with Crippen LogP contribution in [0.3, 0.4) is 0 Å². The molecular formula is C17H23N5O2S. The molecule has 0 unspecified atom stereocenters. The summed E-state index contributed by atoms with van der Waals surface area (Å²) in [5, 5.41) is 10.2. The zero-order valence-electron chi connectivity index (χ0n) is 14.7. The van der Waals surface area contributed by atoms with Crippen molar-refractivity contribution in [2.24, 2.45) is 0 Å². The molecule has 7 nitrogen and oxygen atoms in total. The van der Waals surface area contributed by atoms with E-state index in [1.807, 2.05) is 20.8 Å². The molecule has 2 aromatic rings. The minimum absolute atomic E-state index is 0.0386. The van der Waals surface area contributed by atoms with Crippen molar-refractivity contribution in [1.29, 1.82) is 0 Å². The van der Waals surface area contributed by atoms with Gasteiger partial charge in [-0.05, 0) is 32.0 Å². The Morgan fingerprint density at radius 2 is 2.00 bits per heavy atom. The first-order chi connectivity index (χ1) is 12.1. The molecule has 1 heterocycles. The fourth-order valence-corrected chi connectivity index (χ4v) is 2.87. The van der Waals surface area contributed by atoms with Crippen LogP contribution in [0.25, 0.3) is 0 Å². The van der Waals surface area contributed by atoms with E-state index in [0.29, 0.717) is 29.5 Å². The highest BCUT2D eigenvalue weighted by atomic mass is 32.2. The predicted octanol–water partition coefficient (Wildman–Crippen LogP) is 2.58. The summed E-state index contributed by atoms with van der Waals surface area (Å²) in [6, 6.07) is 6.99. The van der Waals surface area contributed by atoms with Gasteiger partial charge in [0.1, 0.15) is 5.82 Å². The Labute approximate surface area is 151 Å². The van der Waals surface area contributed by atoms with Crippen molar-refractivity contribution >= 4 is 29.3 Å². The van der Waals surface area contributed by atoms with Crippen molar-refractivity contribution in [3.05, 3.63) is 35.7 Å². The van der Waals surface area contributed by atoms with E-state index in [4.69, 9.17) is 0 Å². The quantitative estimate of drug-likeness (QED) is 0.705. The van der Waals surface area contributed by atoms with Crippen LogP contribution in [-0.4, -0.2) is 50.7 Å². The molecule has 134 valence electrons. The Kier molecular flexibility index (Phi) is 7.00. The first-order valence-electron chi connectivity index (χ1n) is 8.30. The normalized spacial score (nSPS) is 10.5. The highest BCUT2D eigenvalue weighted by Gasteiger charge is 2.13. The van der Waals surface area contributed by atoms with E-state index in [1.54, 1.807) is 29.2 Å². The molecule has 1 aromatic heterocycles. The minimum atomic E-state index is -0.166. The van der Waals surface area contributed by atoms with Crippen LogP contribution in [0.5, 0.6) is 0 Å². The number of benzene rings is 1. The van der Waals surface area contributed by atoms with Gasteiger partial charge in [-0.15, -0.1) is 5.10 Å². The van der Waals surface area contributed by atoms with E-state index in [0.717, 1.165) is 12.2 Å². The molecule has 2 amide bonds. The van der Waals surface area contributed by atoms with Gasteiger partial charge >= 0.3 is 0 Å². The molecule has 0 atom stereocenters. The van der Waals surface area contributed by atoms with E-state index in [-0.39, 0.29) is 17.6 Å². The molecular weight excluding hydrogens is 338 g/mol. The van der Waals surface area contributed by atoms with E-state index >= 15 is 0 Å². The highest BCUT2D eigenvalue weighted by Crippen LogP contribution is 2.16. The second-order valence-electron chi connectivity index (χ2n) is 5.31. The van der Waals surface area contributed by atoms with Crippen LogP contribution < -0.4 is 5.32 Å². The topological polar surface area (TPSA) is 91.0 Å². The molecule has 1 aromatic carbocycles. The molecule has 25 heavy (non-hydrogen) atoms. The second-order valence-corrected chi connectivity index (χ2v) is 6.26. The van der Waals surface area contributed by atoms with Crippen molar-refractivity contribution in [2.45, 2.75) is 32.3 Å². The molecule has 0 saturated carbocycles. The summed E-state index contributed by atoms with van der Waals surface area (Å²) < 4.78 is 0.